The molecule has 0 aromatic heterocycles. The first-order valence-corrected chi connectivity index (χ1v) is 8.96. The third kappa shape index (κ3) is 3.76. The Hall–Kier alpha value is -0.210. The van der Waals surface area contributed by atoms with E-state index in [4.69, 9.17) is 14.2 Å². The summed E-state index contributed by atoms with van der Waals surface area (Å²) < 4.78 is 19.0. The van der Waals surface area contributed by atoms with E-state index in [0.717, 1.165) is 16.4 Å². The number of benzene rings is 1. The smallest absolute Gasteiger partial charge is 0.110 e. The van der Waals surface area contributed by atoms with Gasteiger partial charge in [0.15, 0.2) is 0 Å². The van der Waals surface area contributed by atoms with Crippen LogP contribution in [0.15, 0.2) is 30.3 Å². The van der Waals surface area contributed by atoms with Gasteiger partial charge in [0.25, 0.3) is 0 Å². The van der Waals surface area contributed by atoms with E-state index in [1.807, 2.05) is 18.2 Å². The van der Waals surface area contributed by atoms with E-state index in [2.05, 4.69) is 34.7 Å². The average Bonchev–Trinajstić information content (AvgIpc) is 2.96. The van der Waals surface area contributed by atoms with Crippen LogP contribution in [0.25, 0.3) is 0 Å². The van der Waals surface area contributed by atoms with Gasteiger partial charge in [0.2, 0.25) is 0 Å². The van der Waals surface area contributed by atoms with E-state index in [1.54, 1.807) is 0 Å². The molecule has 116 valence electrons. The Morgan fingerprint density at radius 2 is 1.95 bits per heavy atom. The lowest BCUT2D eigenvalue weighted by atomic mass is 9.97. The van der Waals surface area contributed by atoms with E-state index in [1.165, 1.54) is 0 Å². The number of halogens is 1. The Balaban J connectivity index is 1.64. The summed E-state index contributed by atoms with van der Waals surface area (Å²) in [5.74, 6) is 0. The number of hydrogen-bond donors (Lipinski definition) is 1. The van der Waals surface area contributed by atoms with E-state index < -0.39 is 0 Å². The predicted octanol–water partition coefficient (Wildman–Crippen LogP) is 2.31. The molecule has 2 aliphatic heterocycles. The lowest BCUT2D eigenvalue weighted by Crippen LogP contribution is -2.48. The van der Waals surface area contributed by atoms with Crippen molar-refractivity contribution in [3.05, 3.63) is 35.9 Å². The minimum atomic E-state index is -0.136. The van der Waals surface area contributed by atoms with Crippen LogP contribution in [0.1, 0.15) is 18.4 Å². The first-order valence-electron chi connectivity index (χ1n) is 7.43. The molecule has 3 rings (SSSR count). The summed E-state index contributed by atoms with van der Waals surface area (Å²) in [6.07, 6.45) is 1.74. The molecule has 2 heterocycles. The lowest BCUT2D eigenvalue weighted by Gasteiger charge is -2.37. The molecule has 2 fully saturated rings. The Labute approximate surface area is 138 Å². The third-order valence-corrected chi connectivity index (χ3v) is 5.11. The molecule has 21 heavy (non-hydrogen) atoms. The summed E-state index contributed by atoms with van der Waals surface area (Å²) in [6.45, 7) is 0.619. The second kappa shape index (κ2) is 7.37. The van der Waals surface area contributed by atoms with Gasteiger partial charge in [0.05, 0.1) is 37.6 Å². The van der Waals surface area contributed by atoms with Crippen LogP contribution in [-0.2, 0) is 20.8 Å². The first-order chi connectivity index (χ1) is 10.3. The molecule has 0 bridgehead atoms. The Kier molecular flexibility index (Phi) is 5.50. The molecule has 5 heteroatoms. The molecule has 0 amide bonds. The number of ether oxygens (including phenoxy) is 3. The van der Waals surface area contributed by atoms with Crippen molar-refractivity contribution in [3.63, 3.8) is 0 Å². The second-order valence-corrected chi connectivity index (χ2v) is 6.54. The molecule has 1 aromatic carbocycles. The Morgan fingerprint density at radius 1 is 1.14 bits per heavy atom. The maximum absolute atomic E-state index is 9.41. The summed E-state index contributed by atoms with van der Waals surface area (Å²) >= 11 is 2.34. The molecular weight excluding hydrogens is 383 g/mol. The van der Waals surface area contributed by atoms with Crippen LogP contribution in [0.3, 0.4) is 0 Å². The Bertz CT molecular complexity index is 441. The van der Waals surface area contributed by atoms with Crippen molar-refractivity contribution in [1.29, 1.82) is 0 Å². The highest BCUT2D eigenvalue weighted by molar-refractivity contribution is 14.1. The van der Waals surface area contributed by atoms with Crippen molar-refractivity contribution in [2.24, 2.45) is 0 Å². The van der Waals surface area contributed by atoms with Gasteiger partial charge in [-0.2, -0.15) is 0 Å². The monoisotopic (exact) mass is 404 g/mol. The summed E-state index contributed by atoms with van der Waals surface area (Å²) in [5.41, 5.74) is 1.16. The van der Waals surface area contributed by atoms with Crippen LogP contribution in [0.5, 0.6) is 0 Å². The highest BCUT2D eigenvalue weighted by Gasteiger charge is 2.46. The van der Waals surface area contributed by atoms with Gasteiger partial charge in [0, 0.05) is 17.3 Å². The van der Waals surface area contributed by atoms with Crippen LogP contribution in [-0.4, -0.2) is 46.7 Å². The number of alkyl halides is 1. The molecule has 2 aliphatic rings. The van der Waals surface area contributed by atoms with Crippen molar-refractivity contribution >= 4 is 22.6 Å². The molecule has 1 N–H and O–H groups in total. The average molecular weight is 404 g/mol. The van der Waals surface area contributed by atoms with Gasteiger partial charge in [-0.15, -0.1) is 0 Å². The summed E-state index contributed by atoms with van der Waals surface area (Å²) in [7, 11) is 0. The van der Waals surface area contributed by atoms with Crippen molar-refractivity contribution in [2.45, 2.75) is 50.0 Å². The quantitative estimate of drug-likeness (QED) is 0.605. The van der Waals surface area contributed by atoms with Crippen molar-refractivity contribution in [1.82, 2.24) is 0 Å². The highest BCUT2D eigenvalue weighted by atomic mass is 127. The van der Waals surface area contributed by atoms with E-state index in [-0.39, 0.29) is 37.1 Å². The molecule has 1 aromatic rings. The molecule has 4 nitrogen and oxygen atoms in total. The minimum Gasteiger partial charge on any atom is -0.394 e. The fourth-order valence-corrected chi connectivity index (χ4v) is 3.64. The molecular formula is C16H21IO4. The summed E-state index contributed by atoms with van der Waals surface area (Å²) in [4.78, 5) is 0. The molecule has 5 unspecified atom stereocenters. The molecule has 5 atom stereocenters. The number of rotatable bonds is 5. The summed E-state index contributed by atoms with van der Waals surface area (Å²) in [6, 6.07) is 10.1. The Morgan fingerprint density at radius 3 is 2.67 bits per heavy atom. The SMILES string of the molecule is OCC1CC(OCc2ccccc2)C2OC(CI)CC2O1. The van der Waals surface area contributed by atoms with Crippen LogP contribution in [0, 0.1) is 0 Å². The zero-order valence-corrected chi connectivity index (χ0v) is 14.0. The normalized spacial score (nSPS) is 35.6. The van der Waals surface area contributed by atoms with Crippen LogP contribution < -0.4 is 0 Å². The number of hydrogen-bond acceptors (Lipinski definition) is 4. The van der Waals surface area contributed by atoms with Gasteiger partial charge in [-0.05, 0) is 5.56 Å². The van der Waals surface area contributed by atoms with Crippen LogP contribution in [0.2, 0.25) is 0 Å². The molecule has 0 aliphatic carbocycles. The third-order valence-electron chi connectivity index (χ3n) is 4.12. The van der Waals surface area contributed by atoms with Crippen molar-refractivity contribution < 1.29 is 19.3 Å². The van der Waals surface area contributed by atoms with Gasteiger partial charge in [0.1, 0.15) is 6.10 Å². The van der Waals surface area contributed by atoms with Gasteiger partial charge < -0.3 is 19.3 Å². The number of aliphatic hydroxyl groups excluding tert-OH is 1. The molecule has 0 spiro atoms. The van der Waals surface area contributed by atoms with Gasteiger partial charge in [-0.3, -0.25) is 0 Å². The van der Waals surface area contributed by atoms with Crippen LogP contribution >= 0.6 is 22.6 Å². The maximum atomic E-state index is 9.41. The number of aliphatic hydroxyl groups is 1. The lowest BCUT2D eigenvalue weighted by molar-refractivity contribution is -0.181. The van der Waals surface area contributed by atoms with Gasteiger partial charge >= 0.3 is 0 Å². The van der Waals surface area contributed by atoms with E-state index in [0.29, 0.717) is 13.0 Å². The zero-order valence-electron chi connectivity index (χ0n) is 11.9. The standard InChI is InChI=1S/C16H21IO4/c17-8-12-6-15-16(21-12)14(7-13(9-18)20-15)19-10-11-4-2-1-3-5-11/h1-5,12-16,18H,6-10H2. The molecule has 2 saturated heterocycles. The minimum absolute atomic E-state index is 0.00345. The van der Waals surface area contributed by atoms with Gasteiger partial charge in [-0.25, -0.2) is 0 Å². The second-order valence-electron chi connectivity index (χ2n) is 5.66. The topological polar surface area (TPSA) is 47.9 Å². The largest absolute Gasteiger partial charge is 0.394 e. The fourth-order valence-electron chi connectivity index (χ4n) is 3.07. The van der Waals surface area contributed by atoms with Gasteiger partial charge in [-0.1, -0.05) is 52.9 Å². The van der Waals surface area contributed by atoms with Crippen LogP contribution in [0.4, 0.5) is 0 Å². The maximum Gasteiger partial charge on any atom is 0.110 e. The fraction of sp³-hybridized carbons (Fsp3) is 0.625. The van der Waals surface area contributed by atoms with Crippen molar-refractivity contribution in [2.75, 3.05) is 11.0 Å². The van der Waals surface area contributed by atoms with E-state index in [9.17, 15) is 5.11 Å². The highest BCUT2D eigenvalue weighted by Crippen LogP contribution is 2.35. The molecule has 0 saturated carbocycles. The number of fused-ring (bicyclic) bond motifs is 1. The van der Waals surface area contributed by atoms with E-state index >= 15 is 0 Å². The molecule has 0 radical (unpaired) electrons. The van der Waals surface area contributed by atoms with Crippen molar-refractivity contribution in [3.8, 4) is 0 Å². The first kappa shape index (κ1) is 15.7. The summed E-state index contributed by atoms with van der Waals surface area (Å²) in [5, 5.41) is 9.41. The predicted molar refractivity (Wildman–Crippen MR) is 87.5 cm³/mol. The zero-order chi connectivity index (χ0) is 14.7.